The van der Waals surface area contributed by atoms with Crippen molar-refractivity contribution in [2.24, 2.45) is 5.73 Å². The number of hydrogen-bond acceptors (Lipinski definition) is 4. The molecule has 0 bridgehead atoms. The molecule has 0 aliphatic rings. The summed E-state index contributed by atoms with van der Waals surface area (Å²) < 4.78 is 4.80. The molecular formula is C8H13N3O2. The molecule has 5 heteroatoms. The highest BCUT2D eigenvalue weighted by Crippen LogP contribution is 2.09. The fourth-order valence-corrected chi connectivity index (χ4v) is 1.03. The molecule has 1 aromatic heterocycles. The minimum atomic E-state index is -0.407. The lowest BCUT2D eigenvalue weighted by Gasteiger charge is -1.98. The number of rotatable bonds is 3. The number of aromatic nitrogens is 2. The van der Waals surface area contributed by atoms with Crippen LogP contribution in [-0.4, -0.2) is 22.8 Å². The number of aromatic amines is 1. The second kappa shape index (κ2) is 4.04. The lowest BCUT2D eigenvalue weighted by molar-refractivity contribution is 0.0518. The lowest BCUT2D eigenvalue weighted by atomic mass is 10.2. The smallest absolute Gasteiger partial charge is 0.359 e. The van der Waals surface area contributed by atoms with E-state index in [9.17, 15) is 4.79 Å². The quantitative estimate of drug-likeness (QED) is 0.663. The summed E-state index contributed by atoms with van der Waals surface area (Å²) in [5.74, 6) is -0.407. The van der Waals surface area contributed by atoms with Gasteiger partial charge in [-0.15, -0.1) is 0 Å². The van der Waals surface area contributed by atoms with Crippen LogP contribution < -0.4 is 5.73 Å². The molecule has 1 rings (SSSR count). The van der Waals surface area contributed by atoms with E-state index >= 15 is 0 Å². The number of esters is 1. The summed E-state index contributed by atoms with van der Waals surface area (Å²) >= 11 is 0. The highest BCUT2D eigenvalue weighted by Gasteiger charge is 2.15. The zero-order valence-electron chi connectivity index (χ0n) is 7.76. The van der Waals surface area contributed by atoms with Gasteiger partial charge in [-0.3, -0.25) is 5.10 Å². The number of nitrogens with one attached hydrogen (secondary N) is 1. The second-order valence-electron chi connectivity index (χ2n) is 2.60. The van der Waals surface area contributed by atoms with Gasteiger partial charge in [-0.2, -0.15) is 5.10 Å². The monoisotopic (exact) mass is 183 g/mol. The third-order valence-corrected chi connectivity index (χ3v) is 1.78. The van der Waals surface area contributed by atoms with Gasteiger partial charge in [0.05, 0.1) is 12.3 Å². The summed E-state index contributed by atoms with van der Waals surface area (Å²) in [6.45, 7) is 4.24. The molecule has 0 saturated carbocycles. The van der Waals surface area contributed by atoms with Crippen LogP contribution in [0.3, 0.4) is 0 Å². The van der Waals surface area contributed by atoms with Crippen LogP contribution in [0.15, 0.2) is 0 Å². The van der Waals surface area contributed by atoms with E-state index in [0.29, 0.717) is 18.8 Å². The van der Waals surface area contributed by atoms with Crippen molar-refractivity contribution < 1.29 is 9.53 Å². The van der Waals surface area contributed by atoms with Gasteiger partial charge in [-0.25, -0.2) is 4.79 Å². The Hall–Kier alpha value is -1.36. The van der Waals surface area contributed by atoms with Gasteiger partial charge < -0.3 is 10.5 Å². The summed E-state index contributed by atoms with van der Waals surface area (Å²) in [6.07, 6.45) is 0. The van der Waals surface area contributed by atoms with Crippen molar-refractivity contribution in [3.05, 3.63) is 17.0 Å². The largest absolute Gasteiger partial charge is 0.461 e. The van der Waals surface area contributed by atoms with E-state index in [1.54, 1.807) is 13.8 Å². The van der Waals surface area contributed by atoms with Gasteiger partial charge in [-0.05, 0) is 13.8 Å². The first-order valence-electron chi connectivity index (χ1n) is 4.11. The number of H-pyrrole nitrogens is 1. The van der Waals surface area contributed by atoms with E-state index in [1.165, 1.54) is 0 Å². The SMILES string of the molecule is CCOC(=O)c1n[nH]c(CN)c1C. The van der Waals surface area contributed by atoms with E-state index in [4.69, 9.17) is 10.5 Å². The third-order valence-electron chi connectivity index (χ3n) is 1.78. The first-order valence-corrected chi connectivity index (χ1v) is 4.11. The zero-order chi connectivity index (χ0) is 9.84. The molecule has 5 nitrogen and oxygen atoms in total. The van der Waals surface area contributed by atoms with Crippen LogP contribution in [-0.2, 0) is 11.3 Å². The molecule has 0 aliphatic heterocycles. The average Bonchev–Trinajstić information content (AvgIpc) is 2.47. The van der Waals surface area contributed by atoms with Crippen molar-refractivity contribution >= 4 is 5.97 Å². The molecule has 1 aromatic rings. The van der Waals surface area contributed by atoms with Crippen molar-refractivity contribution in [3.8, 4) is 0 Å². The zero-order valence-corrected chi connectivity index (χ0v) is 7.76. The van der Waals surface area contributed by atoms with Crippen LogP contribution in [0.4, 0.5) is 0 Å². The van der Waals surface area contributed by atoms with Crippen LogP contribution in [0.25, 0.3) is 0 Å². The number of ether oxygens (including phenoxy) is 1. The van der Waals surface area contributed by atoms with Crippen LogP contribution in [0.5, 0.6) is 0 Å². The molecule has 0 radical (unpaired) electrons. The molecule has 1 heterocycles. The Morgan fingerprint density at radius 3 is 2.85 bits per heavy atom. The van der Waals surface area contributed by atoms with E-state index < -0.39 is 5.97 Å². The normalized spacial score (nSPS) is 10.1. The Bertz CT molecular complexity index is 306. The van der Waals surface area contributed by atoms with Crippen molar-refractivity contribution in [2.75, 3.05) is 6.61 Å². The maximum absolute atomic E-state index is 11.2. The van der Waals surface area contributed by atoms with Crippen LogP contribution in [0.2, 0.25) is 0 Å². The maximum atomic E-state index is 11.2. The van der Waals surface area contributed by atoms with Crippen molar-refractivity contribution in [2.45, 2.75) is 20.4 Å². The third kappa shape index (κ3) is 1.86. The first kappa shape index (κ1) is 9.73. The summed E-state index contributed by atoms with van der Waals surface area (Å²) in [7, 11) is 0. The fourth-order valence-electron chi connectivity index (χ4n) is 1.03. The van der Waals surface area contributed by atoms with Crippen LogP contribution in [0, 0.1) is 6.92 Å². The molecule has 0 amide bonds. The summed E-state index contributed by atoms with van der Waals surface area (Å²) in [5.41, 5.74) is 7.27. The van der Waals surface area contributed by atoms with Crippen molar-refractivity contribution in [1.29, 1.82) is 0 Å². The predicted octanol–water partition coefficient (Wildman–Crippen LogP) is 0.354. The van der Waals surface area contributed by atoms with Crippen LogP contribution in [0.1, 0.15) is 28.7 Å². The second-order valence-corrected chi connectivity index (χ2v) is 2.60. The number of hydrogen-bond donors (Lipinski definition) is 2. The molecule has 0 aliphatic carbocycles. The van der Waals surface area contributed by atoms with Gasteiger partial charge in [0.15, 0.2) is 5.69 Å². The molecule has 13 heavy (non-hydrogen) atoms. The van der Waals surface area contributed by atoms with Gasteiger partial charge in [0, 0.05) is 12.1 Å². The molecule has 0 fully saturated rings. The Balaban J connectivity index is 2.89. The molecule has 72 valence electrons. The topological polar surface area (TPSA) is 81.0 Å². The van der Waals surface area contributed by atoms with E-state index in [2.05, 4.69) is 10.2 Å². The molecule has 0 spiro atoms. The highest BCUT2D eigenvalue weighted by molar-refractivity contribution is 5.89. The van der Waals surface area contributed by atoms with Crippen LogP contribution >= 0.6 is 0 Å². The van der Waals surface area contributed by atoms with Crippen molar-refractivity contribution in [3.63, 3.8) is 0 Å². The van der Waals surface area contributed by atoms with E-state index in [-0.39, 0.29) is 0 Å². The molecule has 0 aromatic carbocycles. The summed E-state index contributed by atoms with van der Waals surface area (Å²) in [4.78, 5) is 11.2. The first-order chi connectivity index (χ1) is 6.20. The molecular weight excluding hydrogens is 170 g/mol. The van der Waals surface area contributed by atoms with E-state index in [0.717, 1.165) is 11.3 Å². The van der Waals surface area contributed by atoms with E-state index in [1.807, 2.05) is 0 Å². The Kier molecular flexibility index (Phi) is 3.02. The van der Waals surface area contributed by atoms with Gasteiger partial charge in [0.25, 0.3) is 0 Å². The number of carbonyl (C=O) groups excluding carboxylic acids is 1. The van der Waals surface area contributed by atoms with Gasteiger partial charge in [0.2, 0.25) is 0 Å². The number of carbonyl (C=O) groups is 1. The minimum absolute atomic E-state index is 0.322. The summed E-state index contributed by atoms with van der Waals surface area (Å²) in [5, 5.41) is 6.51. The number of nitrogens with two attached hydrogens (primary N) is 1. The minimum Gasteiger partial charge on any atom is -0.461 e. The van der Waals surface area contributed by atoms with Gasteiger partial charge in [-0.1, -0.05) is 0 Å². The predicted molar refractivity (Wildman–Crippen MR) is 47.2 cm³/mol. The Morgan fingerprint density at radius 2 is 2.38 bits per heavy atom. The molecule has 0 saturated heterocycles. The lowest BCUT2D eigenvalue weighted by Crippen LogP contribution is -2.07. The summed E-state index contributed by atoms with van der Waals surface area (Å²) in [6, 6.07) is 0. The average molecular weight is 183 g/mol. The molecule has 0 unspecified atom stereocenters. The maximum Gasteiger partial charge on any atom is 0.359 e. The standard InChI is InChI=1S/C8H13N3O2/c1-3-13-8(12)7-5(2)6(4-9)10-11-7/h3-4,9H2,1-2H3,(H,10,11). The van der Waals surface area contributed by atoms with Gasteiger partial charge >= 0.3 is 5.97 Å². The Labute approximate surface area is 76.3 Å². The Morgan fingerprint density at radius 1 is 1.69 bits per heavy atom. The van der Waals surface area contributed by atoms with Gasteiger partial charge in [0.1, 0.15) is 0 Å². The molecule has 3 N–H and O–H groups in total. The highest BCUT2D eigenvalue weighted by atomic mass is 16.5. The number of nitrogens with zero attached hydrogens (tertiary/aromatic N) is 1. The molecule has 0 atom stereocenters. The fraction of sp³-hybridized carbons (Fsp3) is 0.500. The van der Waals surface area contributed by atoms with Crippen molar-refractivity contribution in [1.82, 2.24) is 10.2 Å².